The largest absolute Gasteiger partial charge is 0.422 e. The van der Waals surface area contributed by atoms with Gasteiger partial charge in [-0.25, -0.2) is 22.5 Å². The van der Waals surface area contributed by atoms with Gasteiger partial charge in [-0.2, -0.15) is 0 Å². The lowest BCUT2D eigenvalue weighted by Gasteiger charge is -2.29. The molecule has 1 amide bonds. The number of fused-ring (bicyclic) bond motifs is 1. The van der Waals surface area contributed by atoms with E-state index >= 15 is 0 Å². The summed E-state index contributed by atoms with van der Waals surface area (Å²) in [4.78, 5) is 29.2. The predicted molar refractivity (Wildman–Crippen MR) is 111 cm³/mol. The zero-order chi connectivity index (χ0) is 20.6. The Morgan fingerprint density at radius 1 is 1.34 bits per heavy atom. The van der Waals surface area contributed by atoms with Gasteiger partial charge >= 0.3 is 5.63 Å². The number of piperidine rings is 1. The van der Waals surface area contributed by atoms with Crippen LogP contribution in [0.3, 0.4) is 0 Å². The van der Waals surface area contributed by atoms with Crippen molar-refractivity contribution in [1.29, 1.82) is 0 Å². The van der Waals surface area contributed by atoms with Crippen molar-refractivity contribution in [2.45, 2.75) is 12.8 Å². The van der Waals surface area contributed by atoms with Gasteiger partial charge in [-0.3, -0.25) is 4.79 Å². The molecule has 0 saturated carbocycles. The van der Waals surface area contributed by atoms with E-state index in [0.717, 1.165) is 11.6 Å². The van der Waals surface area contributed by atoms with Crippen LogP contribution in [0.15, 0.2) is 44.9 Å². The highest BCUT2D eigenvalue weighted by molar-refractivity contribution is 7.88. The number of para-hydroxylation sites is 1. The molecule has 0 aliphatic carbocycles. The molecular formula is C19H19N3O5S2. The molecule has 8 nitrogen and oxygen atoms in total. The summed E-state index contributed by atoms with van der Waals surface area (Å²) >= 11 is 1.20. The third kappa shape index (κ3) is 4.24. The van der Waals surface area contributed by atoms with Crippen molar-refractivity contribution < 1.29 is 17.6 Å². The Hall–Kier alpha value is -2.56. The maximum Gasteiger partial charge on any atom is 0.345 e. The van der Waals surface area contributed by atoms with E-state index in [-0.39, 0.29) is 12.5 Å². The maximum atomic E-state index is 12.6. The standard InChI is InChI=1S/C19H19N3O5S2/c1-29(25,26)22-8-4-6-13(10-22)17(23)21-19-20-15(11-28-19)14-9-12-5-2-3-7-16(12)27-18(14)24/h2-3,5,7,9,11,13H,4,6,8,10H2,1H3,(H,20,21,23). The lowest BCUT2D eigenvalue weighted by molar-refractivity contribution is -0.120. The van der Waals surface area contributed by atoms with Crippen LogP contribution in [0.5, 0.6) is 0 Å². The predicted octanol–water partition coefficient (Wildman–Crippen LogP) is 2.53. The molecule has 1 N–H and O–H groups in total. The Morgan fingerprint density at radius 2 is 2.14 bits per heavy atom. The van der Waals surface area contributed by atoms with Crippen LogP contribution in [0.4, 0.5) is 5.13 Å². The molecule has 2 aromatic heterocycles. The molecule has 29 heavy (non-hydrogen) atoms. The van der Waals surface area contributed by atoms with Crippen molar-refractivity contribution in [3.63, 3.8) is 0 Å². The van der Waals surface area contributed by atoms with Crippen LogP contribution in [0.2, 0.25) is 0 Å². The second kappa shape index (κ2) is 7.69. The number of benzene rings is 1. The molecule has 1 atom stereocenters. The Labute approximate surface area is 171 Å². The molecule has 1 aliphatic rings. The molecule has 3 heterocycles. The second-order valence-electron chi connectivity index (χ2n) is 6.97. The molecule has 3 aromatic rings. The number of aromatic nitrogens is 1. The molecule has 152 valence electrons. The van der Waals surface area contributed by atoms with E-state index in [9.17, 15) is 18.0 Å². The van der Waals surface area contributed by atoms with Crippen molar-refractivity contribution >= 4 is 43.4 Å². The molecule has 10 heteroatoms. The van der Waals surface area contributed by atoms with E-state index in [4.69, 9.17) is 4.42 Å². The number of anilines is 1. The Kier molecular flexibility index (Phi) is 5.24. The lowest BCUT2D eigenvalue weighted by atomic mass is 9.99. The van der Waals surface area contributed by atoms with E-state index in [1.165, 1.54) is 15.6 Å². The molecule has 1 saturated heterocycles. The van der Waals surface area contributed by atoms with Gasteiger partial charge in [-0.1, -0.05) is 18.2 Å². The monoisotopic (exact) mass is 433 g/mol. The van der Waals surface area contributed by atoms with Gasteiger partial charge in [-0.05, 0) is 25.0 Å². The van der Waals surface area contributed by atoms with Crippen LogP contribution in [0, 0.1) is 5.92 Å². The van der Waals surface area contributed by atoms with Crippen LogP contribution in [-0.2, 0) is 14.8 Å². The first kappa shape index (κ1) is 19.7. The first-order valence-electron chi connectivity index (χ1n) is 9.06. The van der Waals surface area contributed by atoms with Crippen molar-refractivity contribution in [2.75, 3.05) is 24.7 Å². The Morgan fingerprint density at radius 3 is 2.93 bits per heavy atom. The minimum Gasteiger partial charge on any atom is -0.422 e. The van der Waals surface area contributed by atoms with E-state index in [2.05, 4.69) is 10.3 Å². The summed E-state index contributed by atoms with van der Waals surface area (Å²) in [5.74, 6) is -0.707. The maximum absolute atomic E-state index is 12.6. The first-order chi connectivity index (χ1) is 13.8. The van der Waals surface area contributed by atoms with Crippen LogP contribution >= 0.6 is 11.3 Å². The summed E-state index contributed by atoms with van der Waals surface area (Å²) in [5, 5.41) is 5.56. The summed E-state index contributed by atoms with van der Waals surface area (Å²) in [5.41, 5.74) is 0.744. The molecule has 4 rings (SSSR count). The quantitative estimate of drug-likeness (QED) is 0.633. The highest BCUT2D eigenvalue weighted by atomic mass is 32.2. The second-order valence-corrected chi connectivity index (χ2v) is 9.81. The van der Waals surface area contributed by atoms with Crippen LogP contribution in [0.1, 0.15) is 12.8 Å². The average molecular weight is 434 g/mol. The van der Waals surface area contributed by atoms with Crippen molar-refractivity contribution in [2.24, 2.45) is 5.92 Å². The number of hydrogen-bond acceptors (Lipinski definition) is 7. The topological polar surface area (TPSA) is 110 Å². The molecule has 0 spiro atoms. The number of amides is 1. The Bertz CT molecular complexity index is 1230. The van der Waals surface area contributed by atoms with Crippen LogP contribution in [-0.4, -0.2) is 43.0 Å². The number of thiazole rings is 1. The summed E-state index contributed by atoms with van der Waals surface area (Å²) in [6, 6.07) is 8.91. The molecule has 1 aromatic carbocycles. The SMILES string of the molecule is CS(=O)(=O)N1CCCC(C(=O)Nc2nc(-c3cc4ccccc4oc3=O)cs2)C1. The summed E-state index contributed by atoms with van der Waals surface area (Å²) in [6.45, 7) is 0.596. The number of carbonyl (C=O) groups excluding carboxylic acids is 1. The van der Waals surface area contributed by atoms with E-state index in [1.807, 2.05) is 12.1 Å². The third-order valence-corrected chi connectivity index (χ3v) is 6.90. The Balaban J connectivity index is 1.52. The molecule has 1 aliphatic heterocycles. The molecule has 0 radical (unpaired) electrons. The van der Waals surface area contributed by atoms with Gasteiger partial charge in [-0.15, -0.1) is 11.3 Å². The number of nitrogens with one attached hydrogen (secondary N) is 1. The number of hydrogen-bond donors (Lipinski definition) is 1. The number of carbonyl (C=O) groups is 1. The van der Waals surface area contributed by atoms with E-state index in [0.29, 0.717) is 41.4 Å². The summed E-state index contributed by atoms with van der Waals surface area (Å²) in [6.07, 6.45) is 2.40. The minimum atomic E-state index is -3.32. The highest BCUT2D eigenvalue weighted by Gasteiger charge is 2.30. The highest BCUT2D eigenvalue weighted by Crippen LogP contribution is 2.26. The van der Waals surface area contributed by atoms with Gasteiger partial charge in [0.2, 0.25) is 15.9 Å². The summed E-state index contributed by atoms with van der Waals surface area (Å²) in [7, 11) is -3.32. The first-order valence-corrected chi connectivity index (χ1v) is 11.8. The van der Waals surface area contributed by atoms with Gasteiger partial charge in [0.25, 0.3) is 0 Å². The molecular weight excluding hydrogens is 414 g/mol. The van der Waals surface area contributed by atoms with Gasteiger partial charge in [0.05, 0.1) is 23.4 Å². The minimum absolute atomic E-state index is 0.164. The van der Waals surface area contributed by atoms with Gasteiger partial charge in [0, 0.05) is 23.9 Å². The third-order valence-electron chi connectivity index (χ3n) is 4.88. The fraction of sp³-hybridized carbons (Fsp3) is 0.316. The average Bonchev–Trinajstić information content (AvgIpc) is 3.15. The molecule has 1 unspecified atom stereocenters. The molecule has 1 fully saturated rings. The van der Waals surface area contributed by atoms with Crippen molar-refractivity contribution in [1.82, 2.24) is 9.29 Å². The van der Waals surface area contributed by atoms with Crippen LogP contribution < -0.4 is 10.9 Å². The fourth-order valence-electron chi connectivity index (χ4n) is 3.36. The zero-order valence-corrected chi connectivity index (χ0v) is 17.3. The van der Waals surface area contributed by atoms with Crippen molar-refractivity contribution in [3.8, 4) is 11.3 Å². The normalized spacial score (nSPS) is 18.0. The van der Waals surface area contributed by atoms with E-state index in [1.54, 1.807) is 23.6 Å². The molecule has 0 bridgehead atoms. The fourth-order valence-corrected chi connectivity index (χ4v) is 4.99. The smallest absolute Gasteiger partial charge is 0.345 e. The van der Waals surface area contributed by atoms with Gasteiger partial charge < -0.3 is 9.73 Å². The lowest BCUT2D eigenvalue weighted by Crippen LogP contribution is -2.43. The summed E-state index contributed by atoms with van der Waals surface area (Å²) < 4.78 is 30.2. The zero-order valence-electron chi connectivity index (χ0n) is 15.6. The van der Waals surface area contributed by atoms with Crippen LogP contribution in [0.25, 0.3) is 22.2 Å². The number of rotatable bonds is 4. The van der Waals surface area contributed by atoms with Gasteiger partial charge in [0.1, 0.15) is 5.58 Å². The van der Waals surface area contributed by atoms with Crippen molar-refractivity contribution in [3.05, 3.63) is 46.1 Å². The van der Waals surface area contributed by atoms with Gasteiger partial charge in [0.15, 0.2) is 5.13 Å². The van der Waals surface area contributed by atoms with E-state index < -0.39 is 21.6 Å². The number of nitrogens with zero attached hydrogens (tertiary/aromatic N) is 2. The number of sulfonamides is 1.